The van der Waals surface area contributed by atoms with Crippen LogP contribution in [-0.4, -0.2) is 24.7 Å². The van der Waals surface area contributed by atoms with Crippen LogP contribution in [0.2, 0.25) is 0 Å². The van der Waals surface area contributed by atoms with Crippen molar-refractivity contribution in [2.45, 2.75) is 27.4 Å². The fourth-order valence-corrected chi connectivity index (χ4v) is 1.78. The highest BCUT2D eigenvalue weighted by molar-refractivity contribution is 5.82. The lowest BCUT2D eigenvalue weighted by atomic mass is 10.1. The first kappa shape index (κ1) is 17.5. The van der Waals surface area contributed by atoms with Crippen molar-refractivity contribution in [2.24, 2.45) is 0 Å². The van der Waals surface area contributed by atoms with Crippen LogP contribution >= 0.6 is 0 Å². The molecule has 0 atom stereocenters. The number of nitriles is 1. The van der Waals surface area contributed by atoms with E-state index in [1.807, 2.05) is 6.92 Å². The largest absolute Gasteiger partial charge is 0.463 e. The Hall–Kier alpha value is -2.59. The molecule has 1 heterocycles. The Bertz CT molecular complexity index is 606. The molecule has 118 valence electrons. The van der Waals surface area contributed by atoms with Crippen molar-refractivity contribution in [1.29, 1.82) is 5.26 Å². The number of methoxy groups -OCH3 is 1. The van der Waals surface area contributed by atoms with Crippen LogP contribution < -0.4 is 10.9 Å². The first-order valence-electron chi connectivity index (χ1n) is 6.78. The SMILES string of the molecule is CCOC(=O)C=C(C)NNc1nc(C)cc(COC)c1C#N. The normalized spacial score (nSPS) is 10.8. The molecule has 0 fully saturated rings. The van der Waals surface area contributed by atoms with Crippen molar-refractivity contribution < 1.29 is 14.3 Å². The number of carbonyl (C=O) groups excluding carboxylic acids is 1. The molecular formula is C15H20N4O3. The van der Waals surface area contributed by atoms with Gasteiger partial charge in [-0.3, -0.25) is 5.43 Å². The van der Waals surface area contributed by atoms with Gasteiger partial charge >= 0.3 is 5.97 Å². The number of hydrogen-bond donors (Lipinski definition) is 2. The zero-order chi connectivity index (χ0) is 16.5. The predicted molar refractivity (Wildman–Crippen MR) is 81.6 cm³/mol. The molecule has 0 saturated carbocycles. The van der Waals surface area contributed by atoms with Crippen LogP contribution in [0.3, 0.4) is 0 Å². The second kappa shape index (κ2) is 8.64. The molecule has 0 radical (unpaired) electrons. The first-order chi connectivity index (χ1) is 10.5. The minimum absolute atomic E-state index is 0.314. The van der Waals surface area contributed by atoms with Gasteiger partial charge in [0.05, 0.1) is 13.2 Å². The van der Waals surface area contributed by atoms with Gasteiger partial charge in [0.25, 0.3) is 0 Å². The van der Waals surface area contributed by atoms with Crippen LogP contribution in [0.5, 0.6) is 0 Å². The highest BCUT2D eigenvalue weighted by atomic mass is 16.5. The third-order valence-corrected chi connectivity index (χ3v) is 2.64. The number of hydrazine groups is 1. The fraction of sp³-hybridized carbons (Fsp3) is 0.400. The standard InChI is InChI=1S/C15H20N4O3/c1-5-22-14(20)7-11(3)18-19-15-13(8-16)12(9-21-4)6-10(2)17-15/h6-7,18H,5,9H2,1-4H3,(H,17,19). The van der Waals surface area contributed by atoms with Gasteiger partial charge in [0.1, 0.15) is 11.6 Å². The third kappa shape index (κ3) is 5.07. The Morgan fingerprint density at radius 3 is 2.86 bits per heavy atom. The van der Waals surface area contributed by atoms with Gasteiger partial charge < -0.3 is 14.9 Å². The number of pyridine rings is 1. The maximum atomic E-state index is 11.3. The van der Waals surface area contributed by atoms with E-state index in [-0.39, 0.29) is 0 Å². The number of esters is 1. The van der Waals surface area contributed by atoms with Crippen molar-refractivity contribution in [1.82, 2.24) is 10.4 Å². The molecule has 0 aliphatic heterocycles. The Kier molecular flexibility index (Phi) is 6.86. The van der Waals surface area contributed by atoms with Crippen molar-refractivity contribution in [3.63, 3.8) is 0 Å². The van der Waals surface area contributed by atoms with E-state index in [2.05, 4.69) is 21.9 Å². The molecular weight excluding hydrogens is 284 g/mol. The number of anilines is 1. The smallest absolute Gasteiger partial charge is 0.332 e. The van der Waals surface area contributed by atoms with Crippen molar-refractivity contribution in [2.75, 3.05) is 19.1 Å². The highest BCUT2D eigenvalue weighted by Crippen LogP contribution is 2.18. The Balaban J connectivity index is 2.90. The summed E-state index contributed by atoms with van der Waals surface area (Å²) in [6.45, 7) is 5.89. The summed E-state index contributed by atoms with van der Waals surface area (Å²) >= 11 is 0. The molecule has 0 aliphatic carbocycles. The van der Waals surface area contributed by atoms with E-state index >= 15 is 0 Å². The fourth-order valence-electron chi connectivity index (χ4n) is 1.78. The Labute approximate surface area is 129 Å². The van der Waals surface area contributed by atoms with Crippen molar-refractivity contribution in [3.05, 3.63) is 34.7 Å². The van der Waals surface area contributed by atoms with E-state index in [9.17, 15) is 10.1 Å². The maximum absolute atomic E-state index is 11.3. The summed E-state index contributed by atoms with van der Waals surface area (Å²) in [5, 5.41) is 9.30. The Morgan fingerprint density at radius 2 is 2.27 bits per heavy atom. The number of aryl methyl sites for hydroxylation is 1. The topological polar surface area (TPSA) is 96.3 Å². The summed E-state index contributed by atoms with van der Waals surface area (Å²) in [6.07, 6.45) is 1.31. The molecule has 1 aromatic rings. The summed E-state index contributed by atoms with van der Waals surface area (Å²) in [6, 6.07) is 3.91. The Morgan fingerprint density at radius 1 is 1.55 bits per heavy atom. The lowest BCUT2D eigenvalue weighted by Gasteiger charge is -2.13. The maximum Gasteiger partial charge on any atom is 0.332 e. The number of hydrogen-bond acceptors (Lipinski definition) is 7. The molecule has 1 rings (SSSR count). The quantitative estimate of drug-likeness (QED) is 0.450. The number of nitrogens with one attached hydrogen (secondary N) is 2. The van der Waals surface area contributed by atoms with Gasteiger partial charge in [-0.15, -0.1) is 0 Å². The number of aromatic nitrogens is 1. The van der Waals surface area contributed by atoms with Gasteiger partial charge in [0.2, 0.25) is 0 Å². The van der Waals surface area contributed by atoms with Crippen LogP contribution in [-0.2, 0) is 20.9 Å². The lowest BCUT2D eigenvalue weighted by molar-refractivity contribution is -0.137. The summed E-state index contributed by atoms with van der Waals surface area (Å²) in [5.74, 6) is -0.0572. The van der Waals surface area contributed by atoms with Gasteiger partial charge in [-0.1, -0.05) is 0 Å². The second-order valence-corrected chi connectivity index (χ2v) is 4.52. The van der Waals surface area contributed by atoms with Gasteiger partial charge in [-0.2, -0.15) is 5.26 Å². The molecule has 0 aromatic carbocycles. The summed E-state index contributed by atoms with van der Waals surface area (Å²) < 4.78 is 9.90. The molecule has 0 spiro atoms. The minimum atomic E-state index is -0.438. The monoisotopic (exact) mass is 304 g/mol. The van der Waals surface area contributed by atoms with Gasteiger partial charge in [-0.25, -0.2) is 9.78 Å². The summed E-state index contributed by atoms with van der Waals surface area (Å²) in [7, 11) is 1.56. The molecule has 2 N–H and O–H groups in total. The van der Waals surface area contributed by atoms with Gasteiger partial charge in [0.15, 0.2) is 5.82 Å². The molecule has 1 aromatic heterocycles. The van der Waals surface area contributed by atoms with Gasteiger partial charge in [0, 0.05) is 30.1 Å². The van der Waals surface area contributed by atoms with E-state index in [0.717, 1.165) is 11.3 Å². The number of allylic oxidation sites excluding steroid dienone is 1. The molecule has 0 bridgehead atoms. The third-order valence-electron chi connectivity index (χ3n) is 2.64. The van der Waals surface area contributed by atoms with Crippen molar-refractivity contribution in [3.8, 4) is 6.07 Å². The molecule has 22 heavy (non-hydrogen) atoms. The van der Waals surface area contributed by atoms with Crippen LogP contribution in [0.25, 0.3) is 0 Å². The predicted octanol–water partition coefficient (Wildman–Crippen LogP) is 1.79. The number of nitrogens with zero attached hydrogens (tertiary/aromatic N) is 2. The summed E-state index contributed by atoms with van der Waals surface area (Å²) in [4.78, 5) is 15.6. The van der Waals surface area contributed by atoms with Gasteiger partial charge in [-0.05, 0) is 26.8 Å². The average Bonchev–Trinajstić information content (AvgIpc) is 2.45. The van der Waals surface area contributed by atoms with Crippen LogP contribution in [0, 0.1) is 18.3 Å². The average molecular weight is 304 g/mol. The zero-order valence-electron chi connectivity index (χ0n) is 13.2. The number of carbonyl (C=O) groups is 1. The van der Waals surface area contributed by atoms with E-state index in [4.69, 9.17) is 9.47 Å². The second-order valence-electron chi connectivity index (χ2n) is 4.52. The van der Waals surface area contributed by atoms with Crippen LogP contribution in [0.1, 0.15) is 30.7 Å². The molecule has 0 unspecified atom stereocenters. The summed E-state index contributed by atoms with van der Waals surface area (Å²) in [5.41, 5.74) is 8.08. The molecule has 0 saturated heterocycles. The van der Waals surface area contributed by atoms with E-state index < -0.39 is 5.97 Å². The van der Waals surface area contributed by atoms with E-state index in [1.54, 1.807) is 27.0 Å². The molecule has 7 nitrogen and oxygen atoms in total. The molecule has 7 heteroatoms. The molecule has 0 aliphatic rings. The van der Waals surface area contributed by atoms with Crippen LogP contribution in [0.4, 0.5) is 5.82 Å². The van der Waals surface area contributed by atoms with E-state index in [0.29, 0.717) is 30.3 Å². The minimum Gasteiger partial charge on any atom is -0.463 e. The number of ether oxygens (including phenoxy) is 2. The first-order valence-corrected chi connectivity index (χ1v) is 6.78. The van der Waals surface area contributed by atoms with Crippen LogP contribution in [0.15, 0.2) is 17.8 Å². The zero-order valence-corrected chi connectivity index (χ0v) is 13.2. The van der Waals surface area contributed by atoms with E-state index in [1.165, 1.54) is 6.08 Å². The number of rotatable bonds is 7. The van der Waals surface area contributed by atoms with Crippen molar-refractivity contribution >= 4 is 11.8 Å². The highest BCUT2D eigenvalue weighted by Gasteiger charge is 2.11. The lowest BCUT2D eigenvalue weighted by Crippen LogP contribution is -2.22. The molecule has 0 amide bonds.